The van der Waals surface area contributed by atoms with Gasteiger partial charge in [-0.3, -0.25) is 4.79 Å². The summed E-state index contributed by atoms with van der Waals surface area (Å²) in [6.45, 7) is 0. The summed E-state index contributed by atoms with van der Waals surface area (Å²) in [6.07, 6.45) is 0. The maximum atomic E-state index is 16.4. The summed E-state index contributed by atoms with van der Waals surface area (Å²) in [4.78, 5) is 16.1. The van der Waals surface area contributed by atoms with Crippen LogP contribution in [0.2, 0.25) is 0 Å². The van der Waals surface area contributed by atoms with Crippen molar-refractivity contribution in [2.75, 3.05) is 0 Å². The van der Waals surface area contributed by atoms with E-state index in [-0.39, 0.29) is 5.78 Å². The SMILES string of the molecule is O=C(c1cc(P(c2ccccc2)c2ccccc2)cc(P(c2ccccc2)c2ccccc2)c1)c1cc(P(c2ccccc2)c2ccccc2)cc(P(=O)(c2ccccc2)c2ccccc2)c1. The molecule has 10 aromatic carbocycles. The van der Waals surface area contributed by atoms with Gasteiger partial charge in [0.1, 0.15) is 0 Å². The van der Waals surface area contributed by atoms with Crippen LogP contribution in [0, 0.1) is 0 Å². The Kier molecular flexibility index (Phi) is 13.5. The van der Waals surface area contributed by atoms with E-state index in [4.69, 9.17) is 0 Å². The van der Waals surface area contributed by atoms with Gasteiger partial charge in [-0.1, -0.05) is 243 Å². The lowest BCUT2D eigenvalue weighted by Crippen LogP contribution is -2.30. The molecule has 0 aliphatic heterocycles. The van der Waals surface area contributed by atoms with Crippen LogP contribution in [0.1, 0.15) is 15.9 Å². The van der Waals surface area contributed by atoms with Gasteiger partial charge in [0.2, 0.25) is 0 Å². The molecule has 0 unspecified atom stereocenters. The van der Waals surface area contributed by atoms with Crippen molar-refractivity contribution < 1.29 is 9.36 Å². The fourth-order valence-electron chi connectivity index (χ4n) is 8.72. The van der Waals surface area contributed by atoms with E-state index in [0.29, 0.717) is 16.4 Å². The maximum absolute atomic E-state index is 16.4. The Morgan fingerprint density at radius 3 is 0.776 bits per heavy atom. The normalized spacial score (nSPS) is 11.5. The molecule has 0 saturated heterocycles. The van der Waals surface area contributed by atoms with Crippen LogP contribution in [-0.2, 0) is 4.57 Å². The zero-order valence-electron chi connectivity index (χ0n) is 36.7. The molecule has 0 spiro atoms. The first-order chi connectivity index (χ1) is 33.0. The lowest BCUT2D eigenvalue weighted by molar-refractivity contribution is 0.103. The van der Waals surface area contributed by atoms with Crippen molar-refractivity contribution in [3.05, 3.63) is 290 Å². The van der Waals surface area contributed by atoms with Crippen LogP contribution in [0.25, 0.3) is 0 Å². The average Bonchev–Trinajstić information content (AvgIpc) is 3.41. The maximum Gasteiger partial charge on any atom is 0.193 e. The van der Waals surface area contributed by atoms with Crippen molar-refractivity contribution in [1.82, 2.24) is 0 Å². The van der Waals surface area contributed by atoms with Crippen LogP contribution >= 0.6 is 30.9 Å². The number of rotatable bonds is 14. The number of carbonyl (C=O) groups is 1. The Morgan fingerprint density at radius 2 is 0.493 bits per heavy atom. The molecule has 0 fully saturated rings. The number of hydrogen-bond acceptors (Lipinski definition) is 2. The average molecular weight is 935 g/mol. The Hall–Kier alpha value is -6.61. The first kappa shape index (κ1) is 44.2. The predicted molar refractivity (Wildman–Crippen MR) is 292 cm³/mol. The van der Waals surface area contributed by atoms with Gasteiger partial charge in [-0.05, 0) is 108 Å². The number of hydrogen-bond donors (Lipinski definition) is 0. The molecule has 0 bridgehead atoms. The van der Waals surface area contributed by atoms with Gasteiger partial charge in [0.05, 0.1) is 0 Å². The molecule has 10 rings (SSSR count). The highest BCUT2D eigenvalue weighted by Crippen LogP contribution is 2.44. The third-order valence-corrected chi connectivity index (χ3v) is 22.0. The van der Waals surface area contributed by atoms with E-state index in [1.807, 2.05) is 78.9 Å². The van der Waals surface area contributed by atoms with Gasteiger partial charge in [0.15, 0.2) is 12.9 Å². The third kappa shape index (κ3) is 9.51. The smallest absolute Gasteiger partial charge is 0.193 e. The van der Waals surface area contributed by atoms with Crippen molar-refractivity contribution in [2.45, 2.75) is 0 Å². The molecule has 10 aromatic rings. The van der Waals surface area contributed by atoms with E-state index in [1.165, 1.54) is 21.2 Å². The summed E-state index contributed by atoms with van der Waals surface area (Å²) in [5, 5.41) is 12.3. The topological polar surface area (TPSA) is 34.1 Å². The molecule has 2 nitrogen and oxygen atoms in total. The van der Waals surface area contributed by atoms with Crippen molar-refractivity contribution >= 4 is 100 Å². The quantitative estimate of drug-likeness (QED) is 0.0805. The molecule has 322 valence electrons. The molecular formula is C61H46O2P4. The monoisotopic (exact) mass is 934 g/mol. The lowest BCUT2D eigenvalue weighted by atomic mass is 10.0. The summed E-state index contributed by atoms with van der Waals surface area (Å²) in [6, 6.07) is 96.1. The van der Waals surface area contributed by atoms with Crippen molar-refractivity contribution in [1.29, 1.82) is 0 Å². The van der Waals surface area contributed by atoms with E-state index in [1.54, 1.807) is 0 Å². The van der Waals surface area contributed by atoms with Crippen LogP contribution in [0.15, 0.2) is 279 Å². The largest absolute Gasteiger partial charge is 0.309 e. The molecule has 0 saturated carbocycles. The molecule has 0 radical (unpaired) electrons. The molecule has 0 atom stereocenters. The second-order valence-corrected chi connectivity index (χ2v) is 25.5. The Morgan fingerprint density at radius 1 is 0.254 bits per heavy atom. The summed E-state index contributed by atoms with van der Waals surface area (Å²) in [5.41, 5.74) is 1.11. The Labute approximate surface area is 397 Å². The zero-order valence-corrected chi connectivity index (χ0v) is 40.2. The molecule has 0 heterocycles. The van der Waals surface area contributed by atoms with Gasteiger partial charge < -0.3 is 4.57 Å². The zero-order chi connectivity index (χ0) is 45.4. The van der Waals surface area contributed by atoms with Gasteiger partial charge in [-0.15, -0.1) is 0 Å². The summed E-state index contributed by atoms with van der Waals surface area (Å²) >= 11 is 0. The van der Waals surface area contributed by atoms with Crippen LogP contribution in [0.3, 0.4) is 0 Å². The van der Waals surface area contributed by atoms with Crippen molar-refractivity contribution in [3.63, 3.8) is 0 Å². The molecule has 67 heavy (non-hydrogen) atoms. The summed E-state index contributed by atoms with van der Waals surface area (Å²) in [7, 11) is -6.87. The Bertz CT molecular complexity index is 3000. The van der Waals surface area contributed by atoms with E-state index in [2.05, 4.69) is 200 Å². The minimum atomic E-state index is -3.53. The number of ketones is 1. The minimum Gasteiger partial charge on any atom is -0.309 e. The molecule has 0 aliphatic rings. The standard InChI is InChI=1S/C61H46O2P4/c62-61(47-41-55(64(49-25-9-1-10-26-49)50-27-11-2-12-28-50)45-56(42-47)65(51-29-13-3-14-30-51)52-31-15-4-16-32-52)48-43-57(66(53-33-17-5-18-34-53)54-35-19-6-20-36-54)46-60(44-48)67(63,58-37-21-7-22-38-58)59-39-23-8-24-40-59/h1-46H. The lowest BCUT2D eigenvalue weighted by Gasteiger charge is -2.26. The van der Waals surface area contributed by atoms with Crippen LogP contribution in [0.5, 0.6) is 0 Å². The molecule has 0 N–H and O–H groups in total. The minimum absolute atomic E-state index is 0.109. The molecule has 0 amide bonds. The summed E-state index contributed by atoms with van der Waals surface area (Å²) < 4.78 is 16.4. The Balaban J connectivity index is 1.25. The summed E-state index contributed by atoms with van der Waals surface area (Å²) in [5.74, 6) is -0.109. The second kappa shape index (κ2) is 20.5. The van der Waals surface area contributed by atoms with Gasteiger partial charge in [0.25, 0.3) is 0 Å². The molecule has 0 aromatic heterocycles. The second-order valence-electron chi connectivity index (χ2n) is 16.1. The fourth-order valence-corrected chi connectivity index (χ4v) is 18.8. The first-order valence-corrected chi connectivity index (χ1v) is 28.1. The van der Waals surface area contributed by atoms with Crippen LogP contribution < -0.4 is 63.7 Å². The van der Waals surface area contributed by atoms with Crippen LogP contribution in [-0.4, -0.2) is 5.78 Å². The highest BCUT2D eigenvalue weighted by atomic mass is 31.2. The molecular weight excluding hydrogens is 889 g/mol. The third-order valence-electron chi connectivity index (χ3n) is 11.8. The van der Waals surface area contributed by atoms with E-state index < -0.39 is 30.9 Å². The van der Waals surface area contributed by atoms with Gasteiger partial charge in [-0.25, -0.2) is 0 Å². The molecule has 6 heteroatoms. The number of benzene rings is 10. The number of carbonyl (C=O) groups excluding carboxylic acids is 1. The predicted octanol–water partition coefficient (Wildman–Crippen LogP) is 9.83. The van der Waals surface area contributed by atoms with Gasteiger partial charge >= 0.3 is 0 Å². The van der Waals surface area contributed by atoms with E-state index >= 15 is 9.36 Å². The fraction of sp³-hybridized carbons (Fsp3) is 0. The van der Waals surface area contributed by atoms with Gasteiger partial charge in [-0.2, -0.15) is 0 Å². The highest BCUT2D eigenvalue weighted by molar-refractivity contribution is 7.85. The van der Waals surface area contributed by atoms with E-state index in [0.717, 1.165) is 37.1 Å². The molecule has 0 aliphatic carbocycles. The van der Waals surface area contributed by atoms with Gasteiger partial charge in [0, 0.05) is 27.0 Å². The first-order valence-electron chi connectivity index (χ1n) is 22.3. The highest BCUT2D eigenvalue weighted by Gasteiger charge is 2.33. The van der Waals surface area contributed by atoms with Crippen LogP contribution in [0.4, 0.5) is 0 Å². The van der Waals surface area contributed by atoms with Crippen molar-refractivity contribution in [3.8, 4) is 0 Å². The van der Waals surface area contributed by atoms with Crippen molar-refractivity contribution in [2.24, 2.45) is 0 Å². The van der Waals surface area contributed by atoms with E-state index in [9.17, 15) is 0 Å².